The number of rotatable bonds is 9. The molecule has 106 valence electrons. The second-order valence-corrected chi connectivity index (χ2v) is 6.73. The summed E-state index contributed by atoms with van der Waals surface area (Å²) in [6.45, 7) is 2.46. The van der Waals surface area contributed by atoms with Crippen LogP contribution in [0.15, 0.2) is 0 Å². The second-order valence-electron chi connectivity index (χ2n) is 3.66. The molecule has 0 bridgehead atoms. The summed E-state index contributed by atoms with van der Waals surface area (Å²) < 4.78 is 14.3. The molecule has 0 aliphatic rings. The van der Waals surface area contributed by atoms with Crippen LogP contribution in [0.2, 0.25) is 0 Å². The predicted molar refractivity (Wildman–Crippen MR) is 67.0 cm³/mol. The van der Waals surface area contributed by atoms with E-state index in [2.05, 4.69) is 26.2 Å². The second kappa shape index (κ2) is 9.20. The Kier molecular flexibility index (Phi) is 8.81. The van der Waals surface area contributed by atoms with Gasteiger partial charge in [-0.25, -0.2) is 4.21 Å². The zero-order valence-corrected chi connectivity index (χ0v) is 11.7. The quantitative estimate of drug-likeness (QED) is 0.300. The van der Waals surface area contributed by atoms with E-state index in [4.69, 9.17) is 0 Å². The van der Waals surface area contributed by atoms with Gasteiger partial charge in [-0.2, -0.15) is 0 Å². The van der Waals surface area contributed by atoms with Gasteiger partial charge in [0.25, 0.3) is 0 Å². The fourth-order valence-electron chi connectivity index (χ4n) is 1.15. The highest BCUT2D eigenvalue weighted by Gasteiger charge is 2.09. The number of carbonyl (C=O) groups is 2. The number of unbranched alkanes of at least 4 members (excludes halogenated alkanes) is 2. The van der Waals surface area contributed by atoms with Crippen molar-refractivity contribution < 1.29 is 23.4 Å². The normalized spacial score (nSPS) is 13.7. The highest BCUT2D eigenvalue weighted by Crippen LogP contribution is 1.93. The molecule has 2 N–H and O–H groups in total. The largest absolute Gasteiger partial charge is 0.709 e. The van der Waals surface area contributed by atoms with Gasteiger partial charge in [0.15, 0.2) is 0 Å². The van der Waals surface area contributed by atoms with Gasteiger partial charge in [0.1, 0.15) is 14.5 Å². The molecule has 18 heavy (non-hydrogen) atoms. The summed E-state index contributed by atoms with van der Waals surface area (Å²) in [7, 11) is -3.46. The van der Waals surface area contributed by atoms with Crippen LogP contribution < -0.4 is 15.9 Å². The first-order valence-electron chi connectivity index (χ1n) is 5.42. The van der Waals surface area contributed by atoms with E-state index in [1.807, 2.05) is 0 Å². The van der Waals surface area contributed by atoms with Gasteiger partial charge in [0.2, 0.25) is 11.8 Å². The molecular formula is C9H17N2O5S2-. The Labute approximate surface area is 111 Å². The summed E-state index contributed by atoms with van der Waals surface area (Å²) in [5.41, 5.74) is 0. The summed E-state index contributed by atoms with van der Waals surface area (Å²) in [6, 6.07) is 0. The fourth-order valence-corrected chi connectivity index (χ4v) is 1.95. The topological polar surface area (TPSA) is 108 Å². The zero-order valence-electron chi connectivity index (χ0n) is 10.1. The van der Waals surface area contributed by atoms with Crippen molar-refractivity contribution in [3.05, 3.63) is 0 Å². The molecule has 1 atom stereocenters. The van der Waals surface area contributed by atoms with Crippen molar-refractivity contribution in [2.75, 3.05) is 18.8 Å². The van der Waals surface area contributed by atoms with E-state index in [9.17, 15) is 19.1 Å². The van der Waals surface area contributed by atoms with Gasteiger partial charge in [0.05, 0.1) is 0 Å². The van der Waals surface area contributed by atoms with Gasteiger partial charge in [-0.3, -0.25) is 9.59 Å². The third-order valence-corrected chi connectivity index (χ3v) is 3.30. The van der Waals surface area contributed by atoms with Crippen LogP contribution in [0.3, 0.4) is 0 Å². The molecule has 7 nitrogen and oxygen atoms in total. The maximum absolute atomic E-state index is 11.2. The van der Waals surface area contributed by atoms with Crippen molar-refractivity contribution in [3.8, 4) is 0 Å². The van der Waals surface area contributed by atoms with Crippen molar-refractivity contribution in [2.45, 2.75) is 26.2 Å². The maximum Gasteiger partial charge on any atom is 0.235 e. The molecule has 2 amide bonds. The van der Waals surface area contributed by atoms with Crippen LogP contribution >= 0.6 is 0 Å². The standard InChI is InChI=1S/C9H18N2O5S2/c1-8(12)10-5-3-2-4-6-11-9(13)7-18(15,17)16-14/h14H,2-7H2,1H3,(H,10,12)(H,11,13)/p-1. The van der Waals surface area contributed by atoms with Crippen molar-refractivity contribution in [3.63, 3.8) is 0 Å². The average Bonchev–Trinajstić information content (AvgIpc) is 2.26. The third-order valence-electron chi connectivity index (χ3n) is 1.96. The lowest BCUT2D eigenvalue weighted by Gasteiger charge is -2.10. The Bertz CT molecular complexity index is 369. The third kappa shape index (κ3) is 10.4. The lowest BCUT2D eigenvalue weighted by Crippen LogP contribution is -2.32. The van der Waals surface area contributed by atoms with E-state index < -0.39 is 20.4 Å². The smallest absolute Gasteiger partial charge is 0.235 e. The van der Waals surface area contributed by atoms with Crippen LogP contribution in [-0.4, -0.2) is 34.9 Å². The van der Waals surface area contributed by atoms with E-state index in [1.165, 1.54) is 6.92 Å². The molecule has 0 radical (unpaired) electrons. The monoisotopic (exact) mass is 297 g/mol. The number of nitrogens with one attached hydrogen (secondary N) is 2. The van der Waals surface area contributed by atoms with E-state index >= 15 is 0 Å². The molecule has 1 unspecified atom stereocenters. The van der Waals surface area contributed by atoms with Crippen LogP contribution in [0.1, 0.15) is 26.2 Å². The van der Waals surface area contributed by atoms with Gasteiger partial charge in [-0.15, -0.1) is 0 Å². The minimum atomic E-state index is -3.46. The zero-order chi connectivity index (χ0) is 14.0. The number of carbonyl (C=O) groups excluding carboxylic acids is 2. The maximum atomic E-state index is 11.2. The van der Waals surface area contributed by atoms with Crippen molar-refractivity contribution in [1.29, 1.82) is 0 Å². The Morgan fingerprint density at radius 3 is 2.28 bits per heavy atom. The average molecular weight is 297 g/mol. The number of hydrogen-bond donors (Lipinski definition) is 2. The molecule has 0 aromatic heterocycles. The number of amides is 2. The van der Waals surface area contributed by atoms with Crippen molar-refractivity contribution >= 4 is 31.8 Å². The minimum absolute atomic E-state index is 0.0684. The fraction of sp³-hybridized carbons (Fsp3) is 0.778. The highest BCUT2D eigenvalue weighted by molar-refractivity contribution is 8.30. The van der Waals surface area contributed by atoms with Gasteiger partial charge >= 0.3 is 0 Å². The van der Waals surface area contributed by atoms with E-state index in [0.29, 0.717) is 13.1 Å². The Morgan fingerprint density at radius 1 is 1.22 bits per heavy atom. The number of hydrogen-bond acceptors (Lipinski definition) is 6. The summed E-state index contributed by atoms with van der Waals surface area (Å²) in [5.74, 6) is -1.23. The van der Waals surface area contributed by atoms with Crippen molar-refractivity contribution in [1.82, 2.24) is 10.6 Å². The molecule has 0 spiro atoms. The summed E-state index contributed by atoms with van der Waals surface area (Å²) in [4.78, 5) is 21.7. The molecular weight excluding hydrogens is 280 g/mol. The van der Waals surface area contributed by atoms with Crippen LogP contribution in [0, 0.1) is 0 Å². The molecule has 0 rings (SSSR count). The Hall–Kier alpha value is -0.770. The van der Waals surface area contributed by atoms with Crippen molar-refractivity contribution in [2.24, 2.45) is 0 Å². The Morgan fingerprint density at radius 2 is 1.78 bits per heavy atom. The van der Waals surface area contributed by atoms with Crippen LogP contribution in [0.5, 0.6) is 0 Å². The van der Waals surface area contributed by atoms with Crippen LogP contribution in [0.25, 0.3) is 0 Å². The van der Waals surface area contributed by atoms with E-state index in [1.54, 1.807) is 0 Å². The first-order valence-corrected chi connectivity index (χ1v) is 8.00. The van der Waals surface area contributed by atoms with E-state index in [0.717, 1.165) is 19.3 Å². The van der Waals surface area contributed by atoms with Crippen LogP contribution in [0.4, 0.5) is 0 Å². The lowest BCUT2D eigenvalue weighted by molar-refractivity contribution is -0.633. The molecule has 0 aromatic rings. The highest BCUT2D eigenvalue weighted by atomic mass is 32.8. The summed E-state index contributed by atoms with van der Waals surface area (Å²) in [6.07, 6.45) is 2.38. The molecule has 0 heterocycles. The summed E-state index contributed by atoms with van der Waals surface area (Å²) in [5, 5.41) is 15.0. The van der Waals surface area contributed by atoms with Gasteiger partial charge in [-0.05, 0) is 19.3 Å². The van der Waals surface area contributed by atoms with E-state index in [-0.39, 0.29) is 5.91 Å². The van der Waals surface area contributed by atoms with Gasteiger partial charge < -0.3 is 20.2 Å². The molecule has 0 saturated carbocycles. The SMILES string of the molecule is CC(=O)NCCCCCNC(=O)CS(=O)(=S)O[O-]. The lowest BCUT2D eigenvalue weighted by atomic mass is 10.2. The van der Waals surface area contributed by atoms with Gasteiger partial charge in [0, 0.05) is 31.2 Å². The summed E-state index contributed by atoms with van der Waals surface area (Å²) >= 11 is 4.27. The molecule has 9 heteroatoms. The predicted octanol–water partition coefficient (Wildman–Crippen LogP) is -1.64. The molecule has 0 saturated heterocycles. The molecule has 0 aliphatic carbocycles. The first kappa shape index (κ1) is 17.2. The Balaban J connectivity index is 3.50. The van der Waals surface area contributed by atoms with Crippen LogP contribution in [-0.2, 0) is 33.9 Å². The van der Waals surface area contributed by atoms with Gasteiger partial charge in [-0.1, -0.05) is 0 Å². The molecule has 0 aromatic carbocycles. The molecule has 0 fully saturated rings. The first-order chi connectivity index (χ1) is 8.37. The molecule has 0 aliphatic heterocycles. The minimum Gasteiger partial charge on any atom is -0.709 e.